The number of ether oxygens (including phenoxy) is 3. The number of rotatable bonds is 4. The van der Waals surface area contributed by atoms with Gasteiger partial charge in [-0.2, -0.15) is 0 Å². The highest BCUT2D eigenvalue weighted by Crippen LogP contribution is 2.38. The molecule has 0 saturated carbocycles. The van der Waals surface area contributed by atoms with Crippen molar-refractivity contribution < 1.29 is 23.8 Å². The van der Waals surface area contributed by atoms with Crippen molar-refractivity contribution in [3.05, 3.63) is 46.4 Å². The fourth-order valence-electron chi connectivity index (χ4n) is 3.10. The molecule has 2 heterocycles. The van der Waals surface area contributed by atoms with Crippen LogP contribution in [0.1, 0.15) is 23.2 Å². The highest BCUT2D eigenvalue weighted by molar-refractivity contribution is 9.10. The van der Waals surface area contributed by atoms with E-state index in [4.69, 9.17) is 14.2 Å². The van der Waals surface area contributed by atoms with Crippen molar-refractivity contribution >= 4 is 39.1 Å². The maximum Gasteiger partial charge on any atom is 0.255 e. The number of fused-ring (bicyclic) bond motifs is 1. The summed E-state index contributed by atoms with van der Waals surface area (Å²) in [6.45, 7) is 1.56. The van der Waals surface area contributed by atoms with Crippen molar-refractivity contribution in [1.29, 1.82) is 0 Å². The molecule has 1 atom stereocenters. The fraction of sp³-hybridized carbons (Fsp3) is 0.300. The van der Waals surface area contributed by atoms with Gasteiger partial charge in [0, 0.05) is 34.5 Å². The van der Waals surface area contributed by atoms with E-state index in [0.29, 0.717) is 59.2 Å². The molecule has 2 N–H and O–H groups in total. The van der Waals surface area contributed by atoms with Crippen LogP contribution >= 0.6 is 15.9 Å². The minimum absolute atomic E-state index is 0.190. The highest BCUT2D eigenvalue weighted by atomic mass is 79.9. The van der Waals surface area contributed by atoms with Crippen LogP contribution in [0, 0.1) is 0 Å². The van der Waals surface area contributed by atoms with Crippen LogP contribution in [0.2, 0.25) is 0 Å². The minimum atomic E-state index is -0.425. The first-order chi connectivity index (χ1) is 13.6. The summed E-state index contributed by atoms with van der Waals surface area (Å²) in [6.07, 6.45) is 1.17. The molecule has 7 nitrogen and oxygen atoms in total. The quantitative estimate of drug-likeness (QED) is 0.749. The summed E-state index contributed by atoms with van der Waals surface area (Å²) >= 11 is 3.44. The highest BCUT2D eigenvalue weighted by Gasteiger charge is 2.23. The van der Waals surface area contributed by atoms with Crippen LogP contribution in [0.25, 0.3) is 0 Å². The van der Waals surface area contributed by atoms with Crippen molar-refractivity contribution in [2.45, 2.75) is 18.9 Å². The minimum Gasteiger partial charge on any atom is -0.486 e. The summed E-state index contributed by atoms with van der Waals surface area (Å²) < 4.78 is 17.2. The molecule has 2 aliphatic heterocycles. The van der Waals surface area contributed by atoms with Gasteiger partial charge in [-0.3, -0.25) is 9.59 Å². The van der Waals surface area contributed by atoms with Gasteiger partial charge in [0.15, 0.2) is 11.5 Å². The molecule has 2 aromatic carbocycles. The van der Waals surface area contributed by atoms with Crippen LogP contribution in [0.3, 0.4) is 0 Å². The van der Waals surface area contributed by atoms with Crippen LogP contribution in [0.5, 0.6) is 11.5 Å². The SMILES string of the molecule is O=C(Nc1cc2c(cc1Br)OCCO2)c1cccc(NC(=O)[C@H]2CCCO2)c1. The van der Waals surface area contributed by atoms with Crippen molar-refractivity contribution in [2.24, 2.45) is 0 Å². The van der Waals surface area contributed by atoms with Gasteiger partial charge in [0.05, 0.1) is 5.69 Å². The molecular formula is C20H19BrN2O5. The summed E-state index contributed by atoms with van der Waals surface area (Å²) in [5.74, 6) is 0.729. The number of hydrogen-bond donors (Lipinski definition) is 2. The van der Waals surface area contributed by atoms with Crippen molar-refractivity contribution in [3.63, 3.8) is 0 Å². The van der Waals surface area contributed by atoms with Crippen LogP contribution in [0.4, 0.5) is 11.4 Å². The average Bonchev–Trinajstić information content (AvgIpc) is 3.24. The third-order valence-corrected chi connectivity index (χ3v) is 5.15. The molecule has 0 spiro atoms. The van der Waals surface area contributed by atoms with E-state index in [1.165, 1.54) is 0 Å². The predicted molar refractivity (Wildman–Crippen MR) is 107 cm³/mol. The first-order valence-corrected chi connectivity index (χ1v) is 9.82. The van der Waals surface area contributed by atoms with Crippen LogP contribution in [-0.2, 0) is 9.53 Å². The lowest BCUT2D eigenvalue weighted by Gasteiger charge is -2.20. The lowest BCUT2D eigenvalue weighted by molar-refractivity contribution is -0.124. The van der Waals surface area contributed by atoms with Crippen LogP contribution < -0.4 is 20.1 Å². The van der Waals surface area contributed by atoms with E-state index in [9.17, 15) is 9.59 Å². The van der Waals surface area contributed by atoms with Gasteiger partial charge in [0.25, 0.3) is 11.8 Å². The number of hydrogen-bond acceptors (Lipinski definition) is 5. The Hall–Kier alpha value is -2.58. The molecule has 28 heavy (non-hydrogen) atoms. The molecule has 0 bridgehead atoms. The molecule has 8 heteroatoms. The second-order valence-electron chi connectivity index (χ2n) is 6.50. The summed E-state index contributed by atoms with van der Waals surface area (Å²) in [5, 5.41) is 5.66. The second-order valence-corrected chi connectivity index (χ2v) is 7.36. The van der Waals surface area contributed by atoms with Gasteiger partial charge in [-0.15, -0.1) is 0 Å². The number of benzene rings is 2. The van der Waals surface area contributed by atoms with Crippen molar-refractivity contribution in [1.82, 2.24) is 0 Å². The average molecular weight is 447 g/mol. The van der Waals surface area contributed by atoms with Gasteiger partial charge in [0.2, 0.25) is 0 Å². The Labute approximate surface area is 170 Å². The summed E-state index contributed by atoms with van der Waals surface area (Å²) in [6, 6.07) is 10.3. The van der Waals surface area contributed by atoms with Gasteiger partial charge in [-0.1, -0.05) is 6.07 Å². The third kappa shape index (κ3) is 4.13. The molecule has 2 aliphatic rings. The molecule has 4 rings (SSSR count). The Balaban J connectivity index is 1.47. The second kappa shape index (κ2) is 8.20. The number of nitrogens with one attached hydrogen (secondary N) is 2. The molecule has 0 aromatic heterocycles. The normalized spacial score (nSPS) is 17.8. The number of carbonyl (C=O) groups is 2. The molecule has 1 saturated heterocycles. The Bertz CT molecular complexity index is 911. The van der Waals surface area contributed by atoms with Gasteiger partial charge < -0.3 is 24.8 Å². The topological polar surface area (TPSA) is 85.9 Å². The molecule has 146 valence electrons. The van der Waals surface area contributed by atoms with Gasteiger partial charge in [-0.25, -0.2) is 0 Å². The maximum atomic E-state index is 12.7. The van der Waals surface area contributed by atoms with E-state index in [0.717, 1.165) is 6.42 Å². The monoisotopic (exact) mass is 446 g/mol. The largest absolute Gasteiger partial charge is 0.486 e. The zero-order valence-electron chi connectivity index (χ0n) is 15.0. The van der Waals surface area contributed by atoms with E-state index < -0.39 is 6.10 Å². The predicted octanol–water partition coefficient (Wildman–Crippen LogP) is 3.59. The lowest BCUT2D eigenvalue weighted by atomic mass is 10.1. The Morgan fingerprint density at radius 1 is 1.00 bits per heavy atom. The van der Waals surface area contributed by atoms with Gasteiger partial charge >= 0.3 is 0 Å². The van der Waals surface area contributed by atoms with Crippen LogP contribution in [-0.4, -0.2) is 37.7 Å². The lowest BCUT2D eigenvalue weighted by Crippen LogP contribution is -2.27. The standard InChI is InChI=1S/C20H19BrN2O5/c21-14-10-17-18(28-8-7-27-17)11-15(14)23-19(24)12-3-1-4-13(9-12)22-20(25)16-5-2-6-26-16/h1,3-4,9-11,16H,2,5-8H2,(H,22,25)(H,23,24)/t16-/m1/s1. The summed E-state index contributed by atoms with van der Waals surface area (Å²) in [4.78, 5) is 24.9. The number of carbonyl (C=O) groups excluding carboxylic acids is 2. The van der Waals surface area contributed by atoms with Crippen molar-refractivity contribution in [3.8, 4) is 11.5 Å². The first kappa shape index (κ1) is 18.8. The van der Waals surface area contributed by atoms with Gasteiger partial charge in [-0.05, 0) is 47.0 Å². The van der Waals surface area contributed by atoms with E-state index in [2.05, 4.69) is 26.6 Å². The van der Waals surface area contributed by atoms with E-state index >= 15 is 0 Å². The molecule has 0 unspecified atom stereocenters. The summed E-state index contributed by atoms with van der Waals surface area (Å²) in [7, 11) is 0. The van der Waals surface area contributed by atoms with Crippen LogP contribution in [0.15, 0.2) is 40.9 Å². The Morgan fingerprint density at radius 2 is 1.79 bits per heavy atom. The number of anilines is 2. The first-order valence-electron chi connectivity index (χ1n) is 9.03. The fourth-order valence-corrected chi connectivity index (χ4v) is 3.52. The molecular weight excluding hydrogens is 428 g/mol. The number of amides is 2. The molecule has 1 fully saturated rings. The van der Waals surface area contributed by atoms with Gasteiger partial charge in [0.1, 0.15) is 19.3 Å². The molecule has 2 aromatic rings. The Morgan fingerprint density at radius 3 is 2.54 bits per heavy atom. The molecule has 0 radical (unpaired) electrons. The smallest absolute Gasteiger partial charge is 0.255 e. The number of halogens is 1. The van der Waals surface area contributed by atoms with E-state index in [1.54, 1.807) is 36.4 Å². The van der Waals surface area contributed by atoms with E-state index in [-0.39, 0.29) is 11.8 Å². The zero-order chi connectivity index (χ0) is 19.5. The molecule has 2 amide bonds. The molecule has 0 aliphatic carbocycles. The zero-order valence-corrected chi connectivity index (χ0v) is 16.6. The van der Waals surface area contributed by atoms with E-state index in [1.807, 2.05) is 0 Å². The van der Waals surface area contributed by atoms with Crippen molar-refractivity contribution in [2.75, 3.05) is 30.5 Å². The summed E-state index contributed by atoms with van der Waals surface area (Å²) in [5.41, 5.74) is 1.55. The third-order valence-electron chi connectivity index (χ3n) is 4.49. The Kier molecular flexibility index (Phi) is 5.50. The maximum absolute atomic E-state index is 12.7.